The molecule has 94 valence electrons. The van der Waals surface area contributed by atoms with Crippen LogP contribution in [0.25, 0.3) is 0 Å². The number of ether oxygens (including phenoxy) is 1. The molecule has 0 atom stereocenters. The molecule has 17 heavy (non-hydrogen) atoms. The molecule has 0 bridgehead atoms. The van der Waals surface area contributed by atoms with E-state index in [-0.39, 0.29) is 18.1 Å². The highest BCUT2D eigenvalue weighted by molar-refractivity contribution is 5.77. The van der Waals surface area contributed by atoms with Gasteiger partial charge in [-0.3, -0.25) is 4.79 Å². The number of aryl methyl sites for hydroxylation is 1. The summed E-state index contributed by atoms with van der Waals surface area (Å²) in [5, 5.41) is 5.90. The third-order valence-corrected chi connectivity index (χ3v) is 2.91. The number of amides is 1. The average molecular weight is 238 g/mol. The molecule has 6 heteroatoms. The zero-order valence-corrected chi connectivity index (χ0v) is 10.2. The van der Waals surface area contributed by atoms with Crippen LogP contribution in [-0.4, -0.2) is 40.8 Å². The van der Waals surface area contributed by atoms with Crippen molar-refractivity contribution in [2.45, 2.75) is 19.1 Å². The fraction of sp³-hybridized carbons (Fsp3) is 0.636. The maximum Gasteiger partial charge on any atom is 0.246 e. The number of hydrogen-bond acceptors (Lipinski definition) is 4. The molecule has 1 saturated heterocycles. The largest absolute Gasteiger partial charge is 0.363 e. The number of carbonyl (C=O) groups excluding carboxylic acids is 1. The summed E-state index contributed by atoms with van der Waals surface area (Å²) in [6.07, 6.45) is 3.55. The molecule has 1 aliphatic heterocycles. The quantitative estimate of drug-likeness (QED) is 0.720. The number of imidazole rings is 1. The zero-order valence-electron chi connectivity index (χ0n) is 10.2. The smallest absolute Gasteiger partial charge is 0.246 e. The maximum absolute atomic E-state index is 11.5. The lowest BCUT2D eigenvalue weighted by Crippen LogP contribution is -2.59. The topological polar surface area (TPSA) is 68.2 Å². The van der Waals surface area contributed by atoms with Gasteiger partial charge in [0.05, 0.1) is 12.1 Å². The van der Waals surface area contributed by atoms with E-state index in [0.717, 1.165) is 18.9 Å². The van der Waals surface area contributed by atoms with Gasteiger partial charge in [0, 0.05) is 32.5 Å². The number of nitrogens with zero attached hydrogens (tertiary/aromatic N) is 2. The van der Waals surface area contributed by atoms with Crippen molar-refractivity contribution >= 4 is 5.91 Å². The third-order valence-electron chi connectivity index (χ3n) is 2.91. The van der Waals surface area contributed by atoms with Gasteiger partial charge in [0.25, 0.3) is 0 Å². The van der Waals surface area contributed by atoms with Crippen LogP contribution in [0.2, 0.25) is 0 Å². The molecule has 0 saturated carbocycles. The van der Waals surface area contributed by atoms with Gasteiger partial charge in [0.1, 0.15) is 12.4 Å². The minimum atomic E-state index is -0.180. The molecule has 0 aliphatic carbocycles. The molecule has 2 N–H and O–H groups in total. The van der Waals surface area contributed by atoms with Crippen LogP contribution in [0.5, 0.6) is 0 Å². The van der Waals surface area contributed by atoms with Gasteiger partial charge < -0.3 is 19.9 Å². The summed E-state index contributed by atoms with van der Waals surface area (Å²) in [5.74, 6) is 0.719. The Morgan fingerprint density at radius 3 is 3.00 bits per heavy atom. The number of nitrogens with one attached hydrogen (secondary N) is 2. The Bertz CT molecular complexity index is 398. The number of aromatic nitrogens is 2. The van der Waals surface area contributed by atoms with Crippen LogP contribution in [0.4, 0.5) is 0 Å². The van der Waals surface area contributed by atoms with Gasteiger partial charge in [-0.25, -0.2) is 4.98 Å². The normalized spacial score (nSPS) is 17.5. The summed E-state index contributed by atoms with van der Waals surface area (Å²) in [6.45, 7) is 4.14. The second kappa shape index (κ2) is 4.85. The molecule has 0 spiro atoms. The van der Waals surface area contributed by atoms with Crippen molar-refractivity contribution < 1.29 is 9.53 Å². The van der Waals surface area contributed by atoms with Crippen molar-refractivity contribution in [1.29, 1.82) is 0 Å². The van der Waals surface area contributed by atoms with Gasteiger partial charge in [-0.2, -0.15) is 0 Å². The first-order valence-corrected chi connectivity index (χ1v) is 5.67. The summed E-state index contributed by atoms with van der Waals surface area (Å²) < 4.78 is 7.40. The third kappa shape index (κ3) is 3.04. The van der Waals surface area contributed by atoms with Crippen molar-refractivity contribution in [1.82, 2.24) is 20.2 Å². The molecule has 0 unspecified atom stereocenters. The van der Waals surface area contributed by atoms with Gasteiger partial charge in [0.15, 0.2) is 0 Å². The summed E-state index contributed by atoms with van der Waals surface area (Å²) in [4.78, 5) is 15.7. The van der Waals surface area contributed by atoms with Crippen LogP contribution < -0.4 is 10.6 Å². The zero-order chi connectivity index (χ0) is 12.3. The van der Waals surface area contributed by atoms with Gasteiger partial charge in [-0.15, -0.1) is 0 Å². The van der Waals surface area contributed by atoms with Gasteiger partial charge in [-0.1, -0.05) is 0 Å². The highest BCUT2D eigenvalue weighted by Crippen LogP contribution is 2.14. The first-order chi connectivity index (χ1) is 8.09. The van der Waals surface area contributed by atoms with E-state index in [1.165, 1.54) is 0 Å². The van der Waals surface area contributed by atoms with E-state index in [4.69, 9.17) is 4.74 Å². The molecular weight excluding hydrogens is 220 g/mol. The van der Waals surface area contributed by atoms with Crippen molar-refractivity contribution in [3.63, 3.8) is 0 Å². The second-order valence-corrected chi connectivity index (χ2v) is 4.57. The first kappa shape index (κ1) is 12.1. The van der Waals surface area contributed by atoms with E-state index in [1.54, 1.807) is 6.20 Å². The molecule has 1 amide bonds. The van der Waals surface area contributed by atoms with Gasteiger partial charge >= 0.3 is 0 Å². The molecule has 1 aliphatic rings. The fourth-order valence-electron chi connectivity index (χ4n) is 1.61. The number of carbonyl (C=O) groups is 1. The fourth-order valence-corrected chi connectivity index (χ4v) is 1.61. The van der Waals surface area contributed by atoms with E-state index in [9.17, 15) is 4.79 Å². The van der Waals surface area contributed by atoms with Crippen LogP contribution in [0.15, 0.2) is 12.4 Å². The van der Waals surface area contributed by atoms with E-state index in [0.29, 0.717) is 6.54 Å². The Hall–Kier alpha value is -1.40. The van der Waals surface area contributed by atoms with Crippen LogP contribution >= 0.6 is 0 Å². The Morgan fingerprint density at radius 1 is 1.71 bits per heavy atom. The van der Waals surface area contributed by atoms with Crippen LogP contribution in [0.1, 0.15) is 12.7 Å². The van der Waals surface area contributed by atoms with E-state index >= 15 is 0 Å². The monoisotopic (exact) mass is 238 g/mol. The molecule has 6 nitrogen and oxygen atoms in total. The molecule has 1 fully saturated rings. The number of rotatable bonds is 5. The lowest BCUT2D eigenvalue weighted by atomic mass is 10.0. The summed E-state index contributed by atoms with van der Waals surface area (Å²) in [7, 11) is 1.89. The summed E-state index contributed by atoms with van der Waals surface area (Å²) >= 11 is 0. The lowest BCUT2D eigenvalue weighted by molar-refractivity contribution is -0.136. The molecule has 2 rings (SSSR count). The highest BCUT2D eigenvalue weighted by atomic mass is 16.5. The highest BCUT2D eigenvalue weighted by Gasteiger charge is 2.32. The first-order valence-electron chi connectivity index (χ1n) is 5.67. The lowest BCUT2D eigenvalue weighted by Gasteiger charge is -2.38. The SMILES string of the molecule is Cn1ccnc1CNC(=O)COC1(C)CNC1. The summed E-state index contributed by atoms with van der Waals surface area (Å²) in [6, 6.07) is 0. The van der Waals surface area contributed by atoms with Crippen molar-refractivity contribution in [2.75, 3.05) is 19.7 Å². The van der Waals surface area contributed by atoms with Crippen molar-refractivity contribution in [2.24, 2.45) is 7.05 Å². The standard InChI is InChI=1S/C11H18N4O2/c1-11(7-12-8-11)17-6-10(16)14-5-9-13-3-4-15(9)2/h3-4,12H,5-8H2,1-2H3,(H,14,16). The molecule has 2 heterocycles. The average Bonchev–Trinajstić information content (AvgIpc) is 2.67. The van der Waals surface area contributed by atoms with Crippen LogP contribution in [0.3, 0.4) is 0 Å². The Labute approximate surface area is 100 Å². The predicted octanol–water partition coefficient (Wildman–Crippen LogP) is -0.585. The van der Waals surface area contributed by atoms with Crippen LogP contribution in [-0.2, 0) is 23.1 Å². The van der Waals surface area contributed by atoms with Crippen molar-refractivity contribution in [3.8, 4) is 0 Å². The second-order valence-electron chi connectivity index (χ2n) is 4.57. The van der Waals surface area contributed by atoms with E-state index < -0.39 is 0 Å². The molecule has 0 aromatic carbocycles. The van der Waals surface area contributed by atoms with E-state index in [1.807, 2.05) is 24.7 Å². The number of hydrogen-bond donors (Lipinski definition) is 2. The minimum absolute atomic E-state index is 0.0998. The molecule has 1 aromatic heterocycles. The van der Waals surface area contributed by atoms with Gasteiger partial charge in [-0.05, 0) is 6.92 Å². The van der Waals surface area contributed by atoms with Crippen LogP contribution in [0, 0.1) is 0 Å². The molecule has 0 radical (unpaired) electrons. The summed E-state index contributed by atoms with van der Waals surface area (Å²) in [5.41, 5.74) is -0.180. The van der Waals surface area contributed by atoms with Crippen molar-refractivity contribution in [3.05, 3.63) is 18.2 Å². The Balaban J connectivity index is 1.69. The Morgan fingerprint density at radius 2 is 2.47 bits per heavy atom. The van der Waals surface area contributed by atoms with E-state index in [2.05, 4.69) is 15.6 Å². The Kier molecular flexibility index (Phi) is 3.44. The predicted molar refractivity (Wildman–Crippen MR) is 62.3 cm³/mol. The molecule has 1 aromatic rings. The molecular formula is C11H18N4O2. The maximum atomic E-state index is 11.5. The minimum Gasteiger partial charge on any atom is -0.363 e. The van der Waals surface area contributed by atoms with Gasteiger partial charge in [0.2, 0.25) is 5.91 Å².